The molecule has 1 amide bonds. The van der Waals surface area contributed by atoms with E-state index in [2.05, 4.69) is 22.2 Å². The molecule has 0 saturated carbocycles. The molecule has 3 rings (SSSR count). The van der Waals surface area contributed by atoms with Crippen LogP contribution in [0, 0.1) is 0 Å². The number of unbranched alkanes of at least 4 members (excludes halogenated alkanes) is 1. The number of ether oxygens (including phenoxy) is 1. The molecule has 0 aromatic carbocycles. The average Bonchev–Trinajstić information content (AvgIpc) is 3.07. The third-order valence-corrected chi connectivity index (χ3v) is 6.79. The van der Waals surface area contributed by atoms with Crippen LogP contribution in [0.1, 0.15) is 59.1 Å². The van der Waals surface area contributed by atoms with Gasteiger partial charge in [0, 0.05) is 16.6 Å². The second-order valence-corrected chi connectivity index (χ2v) is 8.96. The maximum atomic E-state index is 12.5. The van der Waals surface area contributed by atoms with Gasteiger partial charge in [-0.3, -0.25) is 9.59 Å². The van der Waals surface area contributed by atoms with E-state index < -0.39 is 5.97 Å². The average molecular weight is 436 g/mol. The van der Waals surface area contributed by atoms with Crippen molar-refractivity contribution in [1.29, 1.82) is 0 Å². The first-order chi connectivity index (χ1) is 14.0. The first kappa shape index (κ1) is 21.6. The Morgan fingerprint density at radius 1 is 1.34 bits per heavy atom. The minimum atomic E-state index is -0.415. The van der Waals surface area contributed by atoms with Crippen LogP contribution in [0.2, 0.25) is 0 Å². The van der Waals surface area contributed by atoms with Gasteiger partial charge in [-0.15, -0.1) is 11.3 Å². The number of nitrogens with zero attached hydrogens (tertiary/aromatic N) is 1. The van der Waals surface area contributed by atoms with E-state index in [4.69, 9.17) is 4.74 Å². The predicted molar refractivity (Wildman–Crippen MR) is 115 cm³/mol. The topological polar surface area (TPSA) is 101 Å². The van der Waals surface area contributed by atoms with Gasteiger partial charge in [-0.05, 0) is 44.1 Å². The number of H-pyrrole nitrogens is 1. The van der Waals surface area contributed by atoms with Crippen LogP contribution < -0.4 is 10.9 Å². The lowest BCUT2D eigenvalue weighted by Crippen LogP contribution is -2.17. The van der Waals surface area contributed by atoms with E-state index in [-0.39, 0.29) is 17.2 Å². The number of hydrogen-bond acceptors (Lipinski definition) is 7. The Morgan fingerprint density at radius 3 is 2.90 bits per heavy atom. The first-order valence-electron chi connectivity index (χ1n) is 9.77. The van der Waals surface area contributed by atoms with E-state index in [1.165, 1.54) is 36.3 Å². The number of amides is 1. The van der Waals surface area contributed by atoms with Crippen molar-refractivity contribution < 1.29 is 14.3 Å². The lowest BCUT2D eigenvalue weighted by molar-refractivity contribution is -0.113. The molecule has 9 heteroatoms. The summed E-state index contributed by atoms with van der Waals surface area (Å²) in [4.78, 5) is 44.8. The first-order valence-corrected chi connectivity index (χ1v) is 11.6. The Morgan fingerprint density at radius 2 is 2.14 bits per heavy atom. The Balaban J connectivity index is 1.69. The van der Waals surface area contributed by atoms with Gasteiger partial charge >= 0.3 is 5.97 Å². The Kier molecular flexibility index (Phi) is 7.49. The third kappa shape index (κ3) is 5.48. The minimum Gasteiger partial charge on any atom is -0.465 e. The molecule has 2 aromatic heterocycles. The van der Waals surface area contributed by atoms with Crippen LogP contribution in [-0.2, 0) is 28.8 Å². The fraction of sp³-hybridized carbons (Fsp3) is 0.500. The second-order valence-electron chi connectivity index (χ2n) is 6.89. The molecule has 0 saturated heterocycles. The van der Waals surface area contributed by atoms with Crippen LogP contribution >= 0.6 is 23.1 Å². The van der Waals surface area contributed by atoms with Crippen LogP contribution in [0.25, 0.3) is 0 Å². The number of rotatable bonds is 8. The molecule has 1 aliphatic carbocycles. The number of fused-ring (bicyclic) bond motifs is 1. The fourth-order valence-electron chi connectivity index (χ4n) is 3.31. The number of esters is 1. The quantitative estimate of drug-likeness (QED) is 0.373. The number of aromatic amines is 1. The molecule has 1 aliphatic rings. The molecule has 0 bridgehead atoms. The summed E-state index contributed by atoms with van der Waals surface area (Å²) in [6, 6.07) is 1.50. The minimum absolute atomic E-state index is 0.0867. The molecule has 0 atom stereocenters. The smallest absolute Gasteiger partial charge is 0.341 e. The number of thioether (sulfide) groups is 1. The molecule has 0 radical (unpaired) electrons. The molecule has 7 nitrogen and oxygen atoms in total. The maximum absolute atomic E-state index is 12.5. The fourth-order valence-corrected chi connectivity index (χ4v) is 5.29. The number of hydrogen-bond donors (Lipinski definition) is 2. The van der Waals surface area contributed by atoms with Crippen molar-refractivity contribution in [2.45, 2.75) is 57.0 Å². The van der Waals surface area contributed by atoms with Gasteiger partial charge in [0.05, 0.1) is 18.4 Å². The molecule has 2 aromatic rings. The second kappa shape index (κ2) is 10.1. The molecular formula is C20H25N3O4S2. The largest absolute Gasteiger partial charge is 0.465 e. The number of aryl methyl sites for hydroxylation is 2. The summed E-state index contributed by atoms with van der Waals surface area (Å²) < 4.78 is 4.93. The van der Waals surface area contributed by atoms with Crippen LogP contribution in [0.15, 0.2) is 16.0 Å². The number of carbonyl (C=O) groups excluding carboxylic acids is 2. The number of anilines is 1. The van der Waals surface area contributed by atoms with Crippen LogP contribution in [0.5, 0.6) is 0 Å². The molecule has 156 valence electrons. The summed E-state index contributed by atoms with van der Waals surface area (Å²) >= 11 is 2.63. The van der Waals surface area contributed by atoms with Crippen LogP contribution in [0.3, 0.4) is 0 Å². The summed E-state index contributed by atoms with van der Waals surface area (Å²) in [5.74, 6) is -0.578. The molecule has 2 N–H and O–H groups in total. The van der Waals surface area contributed by atoms with Crippen LogP contribution in [-0.4, -0.2) is 34.7 Å². The molecule has 29 heavy (non-hydrogen) atoms. The highest BCUT2D eigenvalue weighted by Gasteiger charge is 2.26. The van der Waals surface area contributed by atoms with Gasteiger partial charge in [0.15, 0.2) is 5.16 Å². The van der Waals surface area contributed by atoms with Gasteiger partial charge in [0.25, 0.3) is 5.56 Å². The summed E-state index contributed by atoms with van der Waals surface area (Å²) in [6.45, 7) is 2.08. The van der Waals surface area contributed by atoms with Gasteiger partial charge in [-0.1, -0.05) is 25.1 Å². The van der Waals surface area contributed by atoms with Gasteiger partial charge in [0.2, 0.25) is 5.91 Å². The SMILES string of the molecule is CCCCc1cc(=O)[nH]c(SCC(=O)Nc2sc3c(c2C(=O)OC)CCCC3)n1. The Bertz CT molecular complexity index is 952. The van der Waals surface area contributed by atoms with E-state index in [1.807, 2.05) is 0 Å². The van der Waals surface area contributed by atoms with Crippen molar-refractivity contribution in [3.05, 3.63) is 38.1 Å². The van der Waals surface area contributed by atoms with Gasteiger partial charge in [-0.2, -0.15) is 0 Å². The Labute approximate surface area is 177 Å². The lowest BCUT2D eigenvalue weighted by atomic mass is 9.95. The van der Waals surface area contributed by atoms with Crippen molar-refractivity contribution in [3.63, 3.8) is 0 Å². The standard InChI is InChI=1S/C20H25N3O4S2/c1-3-4-7-12-10-15(24)23-20(21-12)28-11-16(25)22-18-17(19(26)27-2)13-8-5-6-9-14(13)29-18/h10H,3-9,11H2,1-2H3,(H,22,25)(H,21,23,24). The number of thiophene rings is 1. The maximum Gasteiger partial charge on any atom is 0.341 e. The van der Waals surface area contributed by atoms with E-state index in [0.29, 0.717) is 15.7 Å². The van der Waals surface area contributed by atoms with E-state index in [1.54, 1.807) is 0 Å². The van der Waals surface area contributed by atoms with Crippen molar-refractivity contribution in [1.82, 2.24) is 9.97 Å². The highest BCUT2D eigenvalue weighted by atomic mass is 32.2. The molecule has 0 aliphatic heterocycles. The van der Waals surface area contributed by atoms with Gasteiger partial charge < -0.3 is 15.0 Å². The molecule has 0 unspecified atom stereocenters. The summed E-state index contributed by atoms with van der Waals surface area (Å²) in [7, 11) is 1.35. The predicted octanol–water partition coefficient (Wildman–Crippen LogP) is 3.57. The van der Waals surface area contributed by atoms with Gasteiger partial charge in [-0.25, -0.2) is 9.78 Å². The number of aromatic nitrogens is 2. The molecular weight excluding hydrogens is 410 g/mol. The zero-order valence-corrected chi connectivity index (χ0v) is 18.3. The number of carbonyl (C=O) groups is 2. The Hall–Kier alpha value is -2.13. The summed E-state index contributed by atoms with van der Waals surface area (Å²) in [5.41, 5.74) is 2.01. The highest BCUT2D eigenvalue weighted by Crippen LogP contribution is 2.38. The zero-order valence-electron chi connectivity index (χ0n) is 16.6. The normalized spacial score (nSPS) is 13.0. The molecule has 2 heterocycles. The monoisotopic (exact) mass is 435 g/mol. The number of nitrogens with one attached hydrogen (secondary N) is 2. The number of methoxy groups -OCH3 is 1. The highest BCUT2D eigenvalue weighted by molar-refractivity contribution is 7.99. The van der Waals surface area contributed by atoms with E-state index >= 15 is 0 Å². The summed E-state index contributed by atoms with van der Waals surface area (Å²) in [6.07, 6.45) is 6.59. The van der Waals surface area contributed by atoms with Crippen molar-refractivity contribution in [2.75, 3.05) is 18.2 Å². The molecule has 0 fully saturated rings. The van der Waals surface area contributed by atoms with Crippen molar-refractivity contribution >= 4 is 40.0 Å². The van der Waals surface area contributed by atoms with Gasteiger partial charge in [0.1, 0.15) is 5.00 Å². The third-order valence-electron chi connectivity index (χ3n) is 4.71. The van der Waals surface area contributed by atoms with Crippen molar-refractivity contribution in [3.8, 4) is 0 Å². The zero-order chi connectivity index (χ0) is 20.8. The molecule has 0 spiro atoms. The summed E-state index contributed by atoms with van der Waals surface area (Å²) in [5, 5.41) is 3.83. The van der Waals surface area contributed by atoms with Crippen LogP contribution in [0.4, 0.5) is 5.00 Å². The van der Waals surface area contributed by atoms with E-state index in [0.717, 1.165) is 61.1 Å². The lowest BCUT2D eigenvalue weighted by Gasteiger charge is -2.11. The van der Waals surface area contributed by atoms with E-state index in [9.17, 15) is 14.4 Å². The van der Waals surface area contributed by atoms with Crippen molar-refractivity contribution in [2.24, 2.45) is 0 Å².